The van der Waals surface area contributed by atoms with E-state index >= 15 is 0 Å². The molecule has 0 aromatic heterocycles. The summed E-state index contributed by atoms with van der Waals surface area (Å²) in [6.45, 7) is 3.78. The molecule has 0 saturated carbocycles. The van der Waals surface area contributed by atoms with Crippen LogP contribution in [0.4, 0.5) is 5.69 Å². The van der Waals surface area contributed by atoms with Crippen molar-refractivity contribution in [1.82, 2.24) is 5.32 Å². The van der Waals surface area contributed by atoms with E-state index in [0.717, 1.165) is 42.7 Å². The van der Waals surface area contributed by atoms with Crippen molar-refractivity contribution in [1.29, 1.82) is 0 Å². The highest BCUT2D eigenvalue weighted by Crippen LogP contribution is 2.37. The highest BCUT2D eigenvalue weighted by atomic mass is 16.3. The zero-order valence-electron chi connectivity index (χ0n) is 12.1. The Morgan fingerprint density at radius 3 is 2.95 bits per heavy atom. The maximum absolute atomic E-state index is 11.7. The average Bonchev–Trinajstić information content (AvgIpc) is 2.74. The molecule has 1 saturated heterocycles. The fourth-order valence-corrected chi connectivity index (χ4v) is 3.35. The lowest BCUT2D eigenvalue weighted by molar-refractivity contribution is -0.117. The van der Waals surface area contributed by atoms with Gasteiger partial charge in [0.2, 0.25) is 5.91 Å². The van der Waals surface area contributed by atoms with Crippen molar-refractivity contribution >= 4 is 11.6 Å². The van der Waals surface area contributed by atoms with E-state index in [-0.39, 0.29) is 11.8 Å². The van der Waals surface area contributed by atoms with Crippen molar-refractivity contribution in [3.8, 4) is 0 Å². The minimum atomic E-state index is -0.841. The number of piperidine rings is 1. The van der Waals surface area contributed by atoms with E-state index in [4.69, 9.17) is 0 Å². The van der Waals surface area contributed by atoms with Crippen LogP contribution in [0.5, 0.6) is 0 Å². The van der Waals surface area contributed by atoms with Gasteiger partial charge in [-0.1, -0.05) is 12.1 Å². The van der Waals surface area contributed by atoms with E-state index in [1.165, 1.54) is 0 Å². The SMILES string of the molecule is CN1C(=O)Cc2cc(C(C)(O)C3CCCNC3)ccc21. The number of hydrogen-bond donors (Lipinski definition) is 2. The van der Waals surface area contributed by atoms with Crippen molar-refractivity contribution in [3.63, 3.8) is 0 Å². The molecule has 2 N–H and O–H groups in total. The highest BCUT2D eigenvalue weighted by Gasteiger charge is 2.36. The fourth-order valence-electron chi connectivity index (χ4n) is 3.35. The second kappa shape index (κ2) is 4.86. The smallest absolute Gasteiger partial charge is 0.231 e. The maximum atomic E-state index is 11.7. The third-order valence-electron chi connectivity index (χ3n) is 4.83. The summed E-state index contributed by atoms with van der Waals surface area (Å²) in [7, 11) is 1.80. The van der Waals surface area contributed by atoms with E-state index in [2.05, 4.69) is 5.32 Å². The molecule has 1 fully saturated rings. The third-order valence-corrected chi connectivity index (χ3v) is 4.83. The van der Waals surface area contributed by atoms with E-state index < -0.39 is 5.60 Å². The monoisotopic (exact) mass is 274 g/mol. The molecule has 2 aliphatic rings. The Kier molecular flexibility index (Phi) is 3.30. The Hall–Kier alpha value is -1.39. The Labute approximate surface area is 119 Å². The van der Waals surface area contributed by atoms with Gasteiger partial charge < -0.3 is 15.3 Å². The summed E-state index contributed by atoms with van der Waals surface area (Å²) in [6.07, 6.45) is 2.58. The van der Waals surface area contributed by atoms with Crippen LogP contribution in [0.3, 0.4) is 0 Å². The van der Waals surface area contributed by atoms with Gasteiger partial charge in [-0.25, -0.2) is 0 Å². The molecule has 2 unspecified atom stereocenters. The first-order valence-electron chi connectivity index (χ1n) is 7.33. The van der Waals surface area contributed by atoms with E-state index in [1.807, 2.05) is 25.1 Å². The summed E-state index contributed by atoms with van der Waals surface area (Å²) < 4.78 is 0. The van der Waals surface area contributed by atoms with Crippen LogP contribution < -0.4 is 10.2 Å². The number of amides is 1. The second-order valence-electron chi connectivity index (χ2n) is 6.16. The van der Waals surface area contributed by atoms with Gasteiger partial charge in [-0.15, -0.1) is 0 Å². The van der Waals surface area contributed by atoms with E-state index in [1.54, 1.807) is 11.9 Å². The van der Waals surface area contributed by atoms with Crippen LogP contribution in [-0.2, 0) is 16.8 Å². The molecule has 1 aromatic rings. The van der Waals surface area contributed by atoms with Gasteiger partial charge in [0.1, 0.15) is 0 Å². The molecule has 0 radical (unpaired) electrons. The van der Waals surface area contributed by atoms with Gasteiger partial charge in [0.05, 0.1) is 12.0 Å². The van der Waals surface area contributed by atoms with Gasteiger partial charge in [-0.05, 0) is 43.5 Å². The topological polar surface area (TPSA) is 52.6 Å². The van der Waals surface area contributed by atoms with Crippen LogP contribution >= 0.6 is 0 Å². The first-order valence-corrected chi connectivity index (χ1v) is 7.33. The number of nitrogens with zero attached hydrogens (tertiary/aromatic N) is 1. The van der Waals surface area contributed by atoms with Gasteiger partial charge in [0.15, 0.2) is 0 Å². The van der Waals surface area contributed by atoms with Crippen LogP contribution in [0.2, 0.25) is 0 Å². The predicted molar refractivity (Wildman–Crippen MR) is 78.7 cm³/mol. The van der Waals surface area contributed by atoms with Gasteiger partial charge in [-0.3, -0.25) is 4.79 Å². The molecular weight excluding hydrogens is 252 g/mol. The Morgan fingerprint density at radius 1 is 1.45 bits per heavy atom. The lowest BCUT2D eigenvalue weighted by atomic mass is 9.78. The summed E-state index contributed by atoms with van der Waals surface area (Å²) in [5.74, 6) is 0.347. The standard InChI is InChI=1S/C16H22N2O2/c1-16(20,13-4-3-7-17-10-13)12-5-6-14-11(8-12)9-15(19)18(14)2/h5-6,8,13,17,20H,3-4,7,9-10H2,1-2H3. The molecule has 4 nitrogen and oxygen atoms in total. The largest absolute Gasteiger partial charge is 0.385 e. The van der Waals surface area contributed by atoms with Gasteiger partial charge in [-0.2, -0.15) is 0 Å². The molecule has 1 amide bonds. The molecule has 1 aromatic carbocycles. The predicted octanol–water partition coefficient (Wildman–Crippen LogP) is 1.41. The van der Waals surface area contributed by atoms with Crippen molar-refractivity contribution in [3.05, 3.63) is 29.3 Å². The number of aliphatic hydroxyl groups is 1. The molecule has 0 bridgehead atoms. The number of anilines is 1. The molecule has 108 valence electrons. The van der Waals surface area contributed by atoms with E-state index in [0.29, 0.717) is 6.42 Å². The molecular formula is C16H22N2O2. The van der Waals surface area contributed by atoms with Crippen LogP contribution in [0, 0.1) is 5.92 Å². The second-order valence-corrected chi connectivity index (χ2v) is 6.16. The number of fused-ring (bicyclic) bond motifs is 1. The van der Waals surface area contributed by atoms with Gasteiger partial charge in [0.25, 0.3) is 0 Å². The van der Waals surface area contributed by atoms with Crippen molar-refractivity contribution in [2.24, 2.45) is 5.92 Å². The molecule has 0 aliphatic carbocycles. The first-order chi connectivity index (χ1) is 9.50. The number of benzene rings is 1. The third kappa shape index (κ3) is 2.13. The minimum Gasteiger partial charge on any atom is -0.385 e. The highest BCUT2D eigenvalue weighted by molar-refractivity contribution is 6.00. The molecule has 0 spiro atoms. The molecule has 2 atom stereocenters. The zero-order valence-corrected chi connectivity index (χ0v) is 12.1. The summed E-state index contributed by atoms with van der Waals surface area (Å²) in [5, 5.41) is 14.3. The fraction of sp³-hybridized carbons (Fsp3) is 0.562. The summed E-state index contributed by atoms with van der Waals surface area (Å²) in [5.41, 5.74) is 2.08. The molecule has 3 rings (SSSR count). The maximum Gasteiger partial charge on any atom is 0.231 e. The number of hydrogen-bond acceptors (Lipinski definition) is 3. The lowest BCUT2D eigenvalue weighted by Gasteiger charge is -2.36. The minimum absolute atomic E-state index is 0.121. The van der Waals surface area contributed by atoms with Crippen molar-refractivity contribution < 1.29 is 9.90 Å². The van der Waals surface area contributed by atoms with Crippen LogP contribution in [-0.4, -0.2) is 31.2 Å². The van der Waals surface area contributed by atoms with Crippen LogP contribution in [0.1, 0.15) is 30.9 Å². The van der Waals surface area contributed by atoms with Gasteiger partial charge >= 0.3 is 0 Å². The quantitative estimate of drug-likeness (QED) is 0.857. The van der Waals surface area contributed by atoms with Gasteiger partial charge in [0, 0.05) is 25.2 Å². The number of carbonyl (C=O) groups is 1. The Bertz CT molecular complexity index is 533. The molecule has 20 heavy (non-hydrogen) atoms. The number of rotatable bonds is 2. The number of carbonyl (C=O) groups excluding carboxylic acids is 1. The Balaban J connectivity index is 1.91. The van der Waals surface area contributed by atoms with Crippen molar-refractivity contribution in [2.75, 3.05) is 25.0 Å². The normalized spacial score (nSPS) is 25.4. The summed E-state index contributed by atoms with van der Waals surface area (Å²) in [4.78, 5) is 13.4. The Morgan fingerprint density at radius 2 is 2.25 bits per heavy atom. The molecule has 2 heterocycles. The number of likely N-dealkylation sites (N-methyl/N-ethyl adjacent to an activating group) is 1. The lowest BCUT2D eigenvalue weighted by Crippen LogP contribution is -2.42. The first kappa shape index (κ1) is 13.6. The molecule has 4 heteroatoms. The molecule has 2 aliphatic heterocycles. The van der Waals surface area contributed by atoms with E-state index in [9.17, 15) is 9.90 Å². The zero-order chi connectivity index (χ0) is 14.3. The number of nitrogens with one attached hydrogen (secondary N) is 1. The summed E-state index contributed by atoms with van der Waals surface area (Å²) in [6, 6.07) is 5.92. The van der Waals surface area contributed by atoms with Crippen molar-refractivity contribution in [2.45, 2.75) is 31.8 Å². The average molecular weight is 274 g/mol. The van der Waals surface area contributed by atoms with Crippen LogP contribution in [0.15, 0.2) is 18.2 Å². The van der Waals surface area contributed by atoms with Crippen LogP contribution in [0.25, 0.3) is 0 Å². The summed E-state index contributed by atoms with van der Waals surface area (Å²) >= 11 is 0.